The summed E-state index contributed by atoms with van der Waals surface area (Å²) >= 11 is 1.91. The van der Waals surface area contributed by atoms with E-state index in [2.05, 4.69) is 22.4 Å². The largest absolute Gasteiger partial charge is 0.300 e. The lowest BCUT2D eigenvalue weighted by atomic mass is 10.1. The molecule has 1 aliphatic carbocycles. The molecule has 0 saturated carbocycles. The third-order valence-electron chi connectivity index (χ3n) is 2.52. The molecule has 1 fully saturated rings. The molecule has 1 aliphatic heterocycles. The number of nitrogens with zero attached hydrogens (tertiary/aromatic N) is 1. The van der Waals surface area contributed by atoms with Gasteiger partial charge in [0.05, 0.1) is 5.35 Å². The molecule has 0 spiro atoms. The van der Waals surface area contributed by atoms with E-state index in [4.69, 9.17) is 0 Å². The molecule has 0 radical (unpaired) electrons. The van der Waals surface area contributed by atoms with Gasteiger partial charge in [-0.05, 0) is 12.5 Å². The molecule has 66 valence electrons. The number of hydrogen-bond acceptors (Lipinski definition) is 3. The normalized spacial score (nSPS) is 24.9. The summed E-state index contributed by atoms with van der Waals surface area (Å²) < 4.78 is 0. The third kappa shape index (κ3) is 1.11. The Bertz CT molecular complexity index is 452. The molecule has 3 heteroatoms. The van der Waals surface area contributed by atoms with Crippen LogP contribution in [0.1, 0.15) is 6.42 Å². The first-order valence-corrected chi connectivity index (χ1v) is 5.45. The van der Waals surface area contributed by atoms with Crippen molar-refractivity contribution in [1.82, 2.24) is 10.3 Å². The van der Waals surface area contributed by atoms with Crippen molar-refractivity contribution in [1.29, 1.82) is 0 Å². The Balaban J connectivity index is 2.38. The molecular formula is C10H10N2S. The molecule has 13 heavy (non-hydrogen) atoms. The molecule has 3 rings (SSSR count). The van der Waals surface area contributed by atoms with Gasteiger partial charge in [0, 0.05) is 28.2 Å². The maximum Gasteiger partial charge on any atom is 0.0671 e. The molecule has 2 nitrogen and oxygen atoms in total. The van der Waals surface area contributed by atoms with Gasteiger partial charge in [0.15, 0.2) is 0 Å². The number of aromatic nitrogens is 1. The van der Waals surface area contributed by atoms with E-state index in [0.29, 0.717) is 6.04 Å². The van der Waals surface area contributed by atoms with Crippen molar-refractivity contribution in [3.05, 3.63) is 28.9 Å². The lowest BCUT2D eigenvalue weighted by molar-refractivity contribution is 0.710. The van der Waals surface area contributed by atoms with Crippen LogP contribution in [-0.4, -0.2) is 16.9 Å². The third-order valence-corrected chi connectivity index (χ3v) is 3.65. The van der Waals surface area contributed by atoms with Crippen LogP contribution in [0.5, 0.6) is 0 Å². The summed E-state index contributed by atoms with van der Waals surface area (Å²) in [5, 5.41) is 5.95. The number of fused-ring (bicyclic) bond motifs is 2. The van der Waals surface area contributed by atoms with Crippen molar-refractivity contribution >= 4 is 22.7 Å². The van der Waals surface area contributed by atoms with Crippen molar-refractivity contribution in [2.24, 2.45) is 0 Å². The standard InChI is InChI=1S/C10H10N2S/c1-2-7-8(11-5-1)3-4-9-10(7)13-6-12-9/h1-3,5,9,12H,4,6H2. The van der Waals surface area contributed by atoms with Crippen molar-refractivity contribution in [3.63, 3.8) is 0 Å². The number of pyridine rings is 1. The van der Waals surface area contributed by atoms with Crippen LogP contribution < -0.4 is 15.9 Å². The van der Waals surface area contributed by atoms with Crippen LogP contribution in [0.2, 0.25) is 0 Å². The van der Waals surface area contributed by atoms with Gasteiger partial charge in [-0.3, -0.25) is 10.3 Å². The van der Waals surface area contributed by atoms with E-state index in [-0.39, 0.29) is 0 Å². The predicted molar refractivity (Wildman–Crippen MR) is 55.4 cm³/mol. The van der Waals surface area contributed by atoms with Crippen LogP contribution in [0, 0.1) is 0 Å². The first-order chi connectivity index (χ1) is 6.45. The van der Waals surface area contributed by atoms with Gasteiger partial charge in [0.25, 0.3) is 0 Å². The highest BCUT2D eigenvalue weighted by atomic mass is 32.2. The van der Waals surface area contributed by atoms with Crippen LogP contribution in [0.25, 0.3) is 11.0 Å². The van der Waals surface area contributed by atoms with Crippen LogP contribution >= 0.6 is 11.8 Å². The first-order valence-electron chi connectivity index (χ1n) is 4.47. The zero-order valence-corrected chi connectivity index (χ0v) is 7.97. The van der Waals surface area contributed by atoms with Crippen LogP contribution in [0.4, 0.5) is 0 Å². The fourth-order valence-corrected chi connectivity index (χ4v) is 3.04. The van der Waals surface area contributed by atoms with Crippen LogP contribution in [0.3, 0.4) is 0 Å². The van der Waals surface area contributed by atoms with Gasteiger partial charge < -0.3 is 0 Å². The monoisotopic (exact) mass is 190 g/mol. The second-order valence-corrected chi connectivity index (χ2v) is 4.30. The molecule has 1 aromatic heterocycles. The van der Waals surface area contributed by atoms with Crippen molar-refractivity contribution < 1.29 is 0 Å². The minimum atomic E-state index is 0.557. The summed E-state index contributed by atoms with van der Waals surface area (Å²) in [6, 6.07) is 4.74. The number of thioether (sulfide) groups is 1. The molecule has 1 aromatic rings. The summed E-state index contributed by atoms with van der Waals surface area (Å²) in [4.78, 5) is 5.84. The predicted octanol–water partition coefficient (Wildman–Crippen LogP) is 0.0365. The molecule has 1 saturated heterocycles. The topological polar surface area (TPSA) is 24.9 Å². The van der Waals surface area contributed by atoms with E-state index in [9.17, 15) is 0 Å². The minimum absolute atomic E-state index is 0.557. The SMILES string of the molecule is C1=c2ncccc2=C2SCNC2C1. The summed E-state index contributed by atoms with van der Waals surface area (Å²) in [5.41, 5.74) is 0. The Morgan fingerprint density at radius 3 is 3.54 bits per heavy atom. The molecule has 0 bridgehead atoms. The van der Waals surface area contributed by atoms with Crippen LogP contribution in [0.15, 0.2) is 18.3 Å². The quantitative estimate of drug-likeness (QED) is 0.625. The Morgan fingerprint density at radius 2 is 2.54 bits per heavy atom. The van der Waals surface area contributed by atoms with E-state index in [1.54, 1.807) is 0 Å². The van der Waals surface area contributed by atoms with Gasteiger partial charge in [-0.1, -0.05) is 12.1 Å². The summed E-state index contributed by atoms with van der Waals surface area (Å²) in [6.07, 6.45) is 5.18. The van der Waals surface area contributed by atoms with Crippen molar-refractivity contribution in [2.45, 2.75) is 12.5 Å². The zero-order chi connectivity index (χ0) is 8.67. The molecule has 1 unspecified atom stereocenters. The Labute approximate surface area is 80.8 Å². The van der Waals surface area contributed by atoms with Gasteiger partial charge in [0.1, 0.15) is 0 Å². The van der Waals surface area contributed by atoms with E-state index in [0.717, 1.165) is 17.6 Å². The number of rotatable bonds is 0. The Morgan fingerprint density at radius 1 is 1.54 bits per heavy atom. The van der Waals surface area contributed by atoms with E-state index < -0.39 is 0 Å². The Hall–Kier alpha value is -0.800. The molecule has 2 heterocycles. The molecule has 2 aliphatic rings. The lowest BCUT2D eigenvalue weighted by Gasteiger charge is -2.12. The lowest BCUT2D eigenvalue weighted by Crippen LogP contribution is -2.37. The molecule has 0 amide bonds. The summed E-state index contributed by atoms with van der Waals surface area (Å²) in [6.45, 7) is 0. The molecule has 1 N–H and O–H groups in total. The number of hydrogen-bond donors (Lipinski definition) is 1. The highest BCUT2D eigenvalue weighted by Crippen LogP contribution is 2.28. The van der Waals surface area contributed by atoms with E-state index in [1.807, 2.05) is 24.0 Å². The van der Waals surface area contributed by atoms with Crippen LogP contribution in [-0.2, 0) is 0 Å². The minimum Gasteiger partial charge on any atom is -0.300 e. The second kappa shape index (κ2) is 2.86. The summed E-state index contributed by atoms with van der Waals surface area (Å²) in [7, 11) is 0. The molecule has 1 atom stereocenters. The van der Waals surface area contributed by atoms with Gasteiger partial charge >= 0.3 is 0 Å². The van der Waals surface area contributed by atoms with Gasteiger partial charge in [-0.15, -0.1) is 11.8 Å². The Kier molecular flexibility index (Phi) is 1.67. The highest BCUT2D eigenvalue weighted by Gasteiger charge is 2.22. The van der Waals surface area contributed by atoms with Crippen molar-refractivity contribution in [2.75, 3.05) is 5.88 Å². The molecular weight excluding hydrogens is 180 g/mol. The van der Waals surface area contributed by atoms with Crippen molar-refractivity contribution in [3.8, 4) is 0 Å². The second-order valence-electron chi connectivity index (χ2n) is 3.29. The fraction of sp³-hybridized carbons (Fsp3) is 0.300. The maximum absolute atomic E-state index is 4.36. The summed E-state index contributed by atoms with van der Waals surface area (Å²) in [5.74, 6) is 1.04. The average molecular weight is 190 g/mol. The van der Waals surface area contributed by atoms with Gasteiger partial charge in [0.2, 0.25) is 0 Å². The molecule has 0 aromatic carbocycles. The van der Waals surface area contributed by atoms with Gasteiger partial charge in [-0.25, -0.2) is 0 Å². The fourth-order valence-electron chi connectivity index (χ4n) is 1.89. The maximum atomic E-state index is 4.36. The van der Waals surface area contributed by atoms with E-state index in [1.165, 1.54) is 10.1 Å². The van der Waals surface area contributed by atoms with E-state index >= 15 is 0 Å². The average Bonchev–Trinajstić information content (AvgIpc) is 2.65. The first kappa shape index (κ1) is 7.59. The zero-order valence-electron chi connectivity index (χ0n) is 7.16. The number of nitrogens with one attached hydrogen (secondary N) is 1. The highest BCUT2D eigenvalue weighted by molar-refractivity contribution is 8.08. The van der Waals surface area contributed by atoms with Gasteiger partial charge in [-0.2, -0.15) is 0 Å². The smallest absolute Gasteiger partial charge is 0.0671 e.